The first kappa shape index (κ1) is 19.6. The van der Waals surface area contributed by atoms with E-state index in [9.17, 15) is 24.3 Å². The average Bonchev–Trinajstić information content (AvgIpc) is 3.35. The van der Waals surface area contributed by atoms with Gasteiger partial charge in [-0.25, -0.2) is 14.6 Å². The molecule has 0 aromatic carbocycles. The van der Waals surface area contributed by atoms with Gasteiger partial charge in [0.1, 0.15) is 30.0 Å². The SMILES string of the molecule is O=C(Cn1cnnn1)N[C@@H]1C(=O)N2C(C(=O)O)=C(CSc3n[nH]c(=O)s3)CS[C@@H]12. The number of fused-ring (bicyclic) bond motifs is 1. The van der Waals surface area contributed by atoms with Crippen LogP contribution < -0.4 is 10.2 Å². The van der Waals surface area contributed by atoms with Crippen LogP contribution in [0.4, 0.5) is 0 Å². The van der Waals surface area contributed by atoms with Crippen LogP contribution in [0.15, 0.2) is 26.7 Å². The van der Waals surface area contributed by atoms with Crippen LogP contribution in [0.3, 0.4) is 0 Å². The highest BCUT2D eigenvalue weighted by atomic mass is 32.2. The summed E-state index contributed by atoms with van der Waals surface area (Å²) in [6.07, 6.45) is 1.27. The maximum absolute atomic E-state index is 12.6. The van der Waals surface area contributed by atoms with E-state index >= 15 is 0 Å². The molecule has 0 bridgehead atoms. The number of aromatic nitrogens is 6. The van der Waals surface area contributed by atoms with Crippen LogP contribution in [0, 0.1) is 0 Å². The van der Waals surface area contributed by atoms with E-state index in [-0.39, 0.29) is 22.9 Å². The van der Waals surface area contributed by atoms with E-state index in [4.69, 9.17) is 0 Å². The third kappa shape index (κ3) is 3.90. The van der Waals surface area contributed by atoms with Crippen molar-refractivity contribution >= 4 is 52.6 Å². The molecule has 2 amide bonds. The number of carboxylic acid groups (broad SMARTS) is 1. The number of hydrogen-bond acceptors (Lipinski definition) is 11. The fourth-order valence-electron chi connectivity index (χ4n) is 2.84. The lowest BCUT2D eigenvalue weighted by Gasteiger charge is -2.49. The summed E-state index contributed by atoms with van der Waals surface area (Å²) in [5, 5.41) is 28.3. The van der Waals surface area contributed by atoms with Crippen molar-refractivity contribution in [2.45, 2.75) is 22.3 Å². The number of carbonyl (C=O) groups is 3. The molecule has 0 spiro atoms. The molecular weight excluding hydrogens is 444 g/mol. The number of carbonyl (C=O) groups excluding carboxylic acids is 2. The minimum Gasteiger partial charge on any atom is -0.477 e. The molecule has 3 N–H and O–H groups in total. The highest BCUT2D eigenvalue weighted by Gasteiger charge is 2.54. The van der Waals surface area contributed by atoms with E-state index in [1.165, 1.54) is 39.4 Å². The van der Waals surface area contributed by atoms with Crippen LogP contribution in [-0.4, -0.2) is 81.1 Å². The van der Waals surface area contributed by atoms with Crippen LogP contribution in [0.2, 0.25) is 0 Å². The number of thioether (sulfide) groups is 2. The minimum absolute atomic E-state index is 0.0832. The zero-order chi connectivity index (χ0) is 20.5. The van der Waals surface area contributed by atoms with Crippen LogP contribution in [0.25, 0.3) is 0 Å². The van der Waals surface area contributed by atoms with Crippen molar-refractivity contribution in [3.8, 4) is 0 Å². The number of rotatable bonds is 7. The first-order chi connectivity index (χ1) is 13.9. The molecule has 2 aliphatic rings. The first-order valence-electron chi connectivity index (χ1n) is 8.02. The second-order valence-electron chi connectivity index (χ2n) is 5.89. The van der Waals surface area contributed by atoms with Crippen molar-refractivity contribution in [2.75, 3.05) is 11.5 Å². The van der Waals surface area contributed by atoms with Gasteiger partial charge in [0.15, 0.2) is 4.34 Å². The van der Waals surface area contributed by atoms with Gasteiger partial charge in [-0.3, -0.25) is 19.3 Å². The molecule has 29 heavy (non-hydrogen) atoms. The number of nitrogens with zero attached hydrogens (tertiary/aromatic N) is 6. The standard InChI is InChI=1S/C13H12N8O5S3/c22-6(1-20-4-14-18-19-20)15-7-9(23)21-8(11(24)25)5(2-27-10(7)21)3-28-13-17-16-12(26)29-13/h4,7,10H,1-3H2,(H,15,22)(H,16,26)(H,24,25)/t7-,10+/m1/s1. The number of nitrogens with one attached hydrogen (secondary N) is 2. The zero-order valence-corrected chi connectivity index (χ0v) is 16.8. The summed E-state index contributed by atoms with van der Waals surface area (Å²) in [7, 11) is 0. The van der Waals surface area contributed by atoms with Gasteiger partial charge >= 0.3 is 10.8 Å². The van der Waals surface area contributed by atoms with E-state index < -0.39 is 29.2 Å². The highest BCUT2D eigenvalue weighted by molar-refractivity contribution is 8.01. The van der Waals surface area contributed by atoms with E-state index in [0.717, 1.165) is 11.3 Å². The fourth-order valence-corrected chi connectivity index (χ4v) is 5.94. The molecule has 0 radical (unpaired) electrons. The lowest BCUT2D eigenvalue weighted by atomic mass is 10.0. The number of β-lactam (4-membered cyclic amide) rings is 1. The number of hydrogen-bond donors (Lipinski definition) is 3. The van der Waals surface area contributed by atoms with Crippen molar-refractivity contribution in [3.05, 3.63) is 27.3 Å². The predicted molar refractivity (Wildman–Crippen MR) is 101 cm³/mol. The Kier molecular flexibility index (Phi) is 5.37. The topological polar surface area (TPSA) is 176 Å². The van der Waals surface area contributed by atoms with Crippen LogP contribution in [-0.2, 0) is 20.9 Å². The summed E-state index contributed by atoms with van der Waals surface area (Å²) < 4.78 is 1.70. The molecule has 2 aromatic heterocycles. The molecule has 4 rings (SSSR count). The molecule has 0 aliphatic carbocycles. The normalized spacial score (nSPS) is 21.0. The quantitative estimate of drug-likeness (QED) is 0.321. The Labute approximate surface area is 173 Å². The summed E-state index contributed by atoms with van der Waals surface area (Å²) in [5.74, 6) is -1.50. The van der Waals surface area contributed by atoms with Crippen LogP contribution in [0.1, 0.15) is 0 Å². The maximum Gasteiger partial charge on any atom is 0.352 e. The molecular formula is C13H12N8O5S3. The van der Waals surface area contributed by atoms with Gasteiger partial charge in [0.05, 0.1) is 0 Å². The summed E-state index contributed by atoms with van der Waals surface area (Å²) in [5.41, 5.74) is 0.471. The molecule has 2 aromatic rings. The zero-order valence-electron chi connectivity index (χ0n) is 14.3. The Morgan fingerprint density at radius 2 is 2.24 bits per heavy atom. The number of aliphatic carboxylic acids is 1. The molecule has 4 heterocycles. The fraction of sp³-hybridized carbons (Fsp3) is 0.385. The molecule has 13 nitrogen and oxygen atoms in total. The molecule has 2 aliphatic heterocycles. The third-order valence-electron chi connectivity index (χ3n) is 4.05. The van der Waals surface area contributed by atoms with Crippen LogP contribution >= 0.6 is 34.9 Å². The van der Waals surface area contributed by atoms with Crippen molar-refractivity contribution in [1.82, 2.24) is 40.6 Å². The van der Waals surface area contributed by atoms with Gasteiger partial charge < -0.3 is 10.4 Å². The number of amides is 2. The summed E-state index contributed by atoms with van der Waals surface area (Å²) >= 11 is 3.52. The summed E-state index contributed by atoms with van der Waals surface area (Å²) in [4.78, 5) is 48.5. The Hall–Kier alpha value is -2.72. The maximum atomic E-state index is 12.6. The summed E-state index contributed by atoms with van der Waals surface area (Å²) in [6.45, 7) is -0.149. The molecule has 0 saturated carbocycles. The molecule has 152 valence electrons. The monoisotopic (exact) mass is 456 g/mol. The Bertz CT molecular complexity index is 1050. The van der Waals surface area contributed by atoms with Crippen molar-refractivity contribution in [3.63, 3.8) is 0 Å². The summed E-state index contributed by atoms with van der Waals surface area (Å²) in [6, 6.07) is -0.816. The third-order valence-corrected chi connectivity index (χ3v) is 7.37. The largest absolute Gasteiger partial charge is 0.477 e. The number of carboxylic acids is 1. The van der Waals surface area contributed by atoms with E-state index in [1.807, 2.05) is 0 Å². The second kappa shape index (κ2) is 7.96. The Balaban J connectivity index is 1.44. The second-order valence-corrected chi connectivity index (χ2v) is 9.18. The Morgan fingerprint density at radius 3 is 2.90 bits per heavy atom. The van der Waals surface area contributed by atoms with E-state index in [2.05, 4.69) is 31.0 Å². The lowest BCUT2D eigenvalue weighted by molar-refractivity contribution is -0.150. The number of aromatic amines is 1. The van der Waals surface area contributed by atoms with Gasteiger partial charge in [0.2, 0.25) is 5.91 Å². The molecule has 2 atom stereocenters. The molecule has 1 saturated heterocycles. The molecule has 1 fully saturated rings. The van der Waals surface area contributed by atoms with Gasteiger partial charge in [-0.15, -0.1) is 16.9 Å². The van der Waals surface area contributed by atoms with Crippen molar-refractivity contribution in [2.24, 2.45) is 0 Å². The van der Waals surface area contributed by atoms with E-state index in [1.54, 1.807) is 0 Å². The van der Waals surface area contributed by atoms with Gasteiger partial charge in [0.25, 0.3) is 5.91 Å². The van der Waals surface area contributed by atoms with Gasteiger partial charge in [-0.2, -0.15) is 5.10 Å². The average molecular weight is 456 g/mol. The van der Waals surface area contributed by atoms with E-state index in [0.29, 0.717) is 15.7 Å². The van der Waals surface area contributed by atoms with Crippen LogP contribution in [0.5, 0.6) is 0 Å². The number of tetrazole rings is 1. The van der Waals surface area contributed by atoms with Crippen molar-refractivity contribution in [1.29, 1.82) is 0 Å². The lowest BCUT2D eigenvalue weighted by Crippen LogP contribution is -2.70. The molecule has 0 unspecified atom stereocenters. The van der Waals surface area contributed by atoms with Gasteiger partial charge in [-0.05, 0) is 27.3 Å². The first-order valence-corrected chi connectivity index (χ1v) is 10.9. The number of H-pyrrole nitrogens is 1. The van der Waals surface area contributed by atoms with Crippen molar-refractivity contribution < 1.29 is 19.5 Å². The minimum atomic E-state index is -1.21. The Morgan fingerprint density at radius 1 is 1.41 bits per heavy atom. The van der Waals surface area contributed by atoms with Gasteiger partial charge in [0, 0.05) is 11.5 Å². The highest BCUT2D eigenvalue weighted by Crippen LogP contribution is 2.41. The van der Waals surface area contributed by atoms with Gasteiger partial charge in [-0.1, -0.05) is 11.8 Å². The molecule has 16 heteroatoms. The smallest absolute Gasteiger partial charge is 0.352 e. The predicted octanol–water partition coefficient (Wildman–Crippen LogP) is -1.65.